The second-order valence-electron chi connectivity index (χ2n) is 5.41. The molecule has 0 saturated heterocycles. The fraction of sp³-hybridized carbons (Fsp3) is 0.176. The highest BCUT2D eigenvalue weighted by atomic mass is 79.9. The topological polar surface area (TPSA) is 114 Å². The zero-order valence-corrected chi connectivity index (χ0v) is 17.0. The molecule has 0 saturated carbocycles. The average molecular weight is 456 g/mol. The third-order valence-corrected chi connectivity index (χ3v) is 5.23. The highest BCUT2D eigenvalue weighted by molar-refractivity contribution is 9.10. The maximum Gasteiger partial charge on any atom is 0.426 e. The molecule has 8 nitrogen and oxygen atoms in total. The lowest BCUT2D eigenvalue weighted by Gasteiger charge is -2.14. The van der Waals surface area contributed by atoms with Crippen LogP contribution in [0.15, 0.2) is 51.8 Å². The maximum atomic E-state index is 12.6. The summed E-state index contributed by atoms with van der Waals surface area (Å²) < 4.78 is 32.8. The van der Waals surface area contributed by atoms with Gasteiger partial charge in [0.05, 0.1) is 22.8 Å². The summed E-state index contributed by atoms with van der Waals surface area (Å²) in [6, 6.07) is 10.7. The van der Waals surface area contributed by atoms with Gasteiger partial charge in [-0.15, -0.1) is 0 Å². The number of ether oxygens (including phenoxy) is 1. The number of halogens is 1. The minimum Gasteiger partial charge on any atom is -0.449 e. The molecule has 2 aromatic rings. The van der Waals surface area contributed by atoms with Crippen molar-refractivity contribution in [1.82, 2.24) is 10.9 Å². The average Bonchev–Trinajstić information content (AvgIpc) is 2.60. The smallest absolute Gasteiger partial charge is 0.426 e. The van der Waals surface area contributed by atoms with Crippen LogP contribution in [0.25, 0.3) is 0 Å². The minimum absolute atomic E-state index is 0.0192. The first-order valence-electron chi connectivity index (χ1n) is 7.85. The van der Waals surface area contributed by atoms with Crippen LogP contribution >= 0.6 is 15.9 Å². The van der Waals surface area contributed by atoms with Gasteiger partial charge in [-0.25, -0.2) is 18.6 Å². The lowest BCUT2D eigenvalue weighted by Crippen LogP contribution is -2.42. The van der Waals surface area contributed by atoms with Gasteiger partial charge in [0.1, 0.15) is 0 Å². The number of nitrogens with one attached hydrogen (secondary N) is 3. The zero-order chi connectivity index (χ0) is 20.0. The Hall–Kier alpha value is -2.59. The monoisotopic (exact) mass is 455 g/mol. The number of hydrazine groups is 1. The Morgan fingerprint density at radius 2 is 1.74 bits per heavy atom. The van der Waals surface area contributed by atoms with Gasteiger partial charge in [0, 0.05) is 4.47 Å². The van der Waals surface area contributed by atoms with Crippen LogP contribution in [-0.4, -0.2) is 27.0 Å². The molecule has 0 atom stereocenters. The Morgan fingerprint density at radius 3 is 2.37 bits per heavy atom. The summed E-state index contributed by atoms with van der Waals surface area (Å²) in [5.74, 6) is -0.711. The number of amides is 2. The molecule has 0 spiro atoms. The van der Waals surface area contributed by atoms with E-state index in [1.54, 1.807) is 25.1 Å². The van der Waals surface area contributed by atoms with Crippen LogP contribution in [0.1, 0.15) is 22.8 Å². The summed E-state index contributed by atoms with van der Waals surface area (Å²) in [6.07, 6.45) is -0.829. The van der Waals surface area contributed by atoms with Gasteiger partial charge in [0.15, 0.2) is 0 Å². The molecule has 0 fully saturated rings. The highest BCUT2D eigenvalue weighted by Gasteiger charge is 2.19. The van der Waals surface area contributed by atoms with Gasteiger partial charge in [-0.05, 0) is 44.2 Å². The van der Waals surface area contributed by atoms with Crippen molar-refractivity contribution in [3.63, 3.8) is 0 Å². The molecular formula is C17H18BrN3O5S. The fourth-order valence-corrected chi connectivity index (χ4v) is 3.49. The maximum absolute atomic E-state index is 12.6. The van der Waals surface area contributed by atoms with Crippen LogP contribution in [0.3, 0.4) is 0 Å². The van der Waals surface area contributed by atoms with Gasteiger partial charge in [-0.3, -0.25) is 14.9 Å². The van der Waals surface area contributed by atoms with E-state index in [1.165, 1.54) is 24.3 Å². The van der Waals surface area contributed by atoms with E-state index in [4.69, 9.17) is 0 Å². The van der Waals surface area contributed by atoms with Gasteiger partial charge in [-0.2, -0.15) is 0 Å². The molecule has 0 aliphatic carbocycles. The Kier molecular flexibility index (Phi) is 6.81. The largest absolute Gasteiger partial charge is 0.449 e. The Morgan fingerprint density at radius 1 is 1.07 bits per heavy atom. The molecule has 2 rings (SSSR count). The number of anilines is 1. The van der Waals surface area contributed by atoms with E-state index in [1.807, 2.05) is 6.92 Å². The zero-order valence-electron chi connectivity index (χ0n) is 14.6. The quantitative estimate of drug-likeness (QED) is 0.599. The van der Waals surface area contributed by atoms with Crippen LogP contribution in [0.2, 0.25) is 0 Å². The van der Waals surface area contributed by atoms with E-state index in [2.05, 4.69) is 36.2 Å². The number of sulfonamides is 1. The first-order chi connectivity index (χ1) is 12.7. The van der Waals surface area contributed by atoms with Crippen molar-refractivity contribution in [2.24, 2.45) is 0 Å². The van der Waals surface area contributed by atoms with Crippen molar-refractivity contribution in [1.29, 1.82) is 0 Å². The summed E-state index contributed by atoms with van der Waals surface area (Å²) in [7, 11) is -3.91. The third kappa shape index (κ3) is 5.69. The molecule has 0 aromatic heterocycles. The second-order valence-corrected chi connectivity index (χ2v) is 8.01. The normalized spacial score (nSPS) is 10.8. The third-order valence-electron chi connectivity index (χ3n) is 3.36. The van der Waals surface area contributed by atoms with Crippen molar-refractivity contribution >= 4 is 43.6 Å². The fourth-order valence-electron chi connectivity index (χ4n) is 2.06. The molecular weight excluding hydrogens is 438 g/mol. The lowest BCUT2D eigenvalue weighted by atomic mass is 10.2. The minimum atomic E-state index is -3.91. The van der Waals surface area contributed by atoms with Crippen LogP contribution in [0, 0.1) is 6.92 Å². The van der Waals surface area contributed by atoms with Gasteiger partial charge in [0.2, 0.25) is 0 Å². The van der Waals surface area contributed by atoms with E-state index in [-0.39, 0.29) is 22.8 Å². The van der Waals surface area contributed by atoms with Crippen molar-refractivity contribution in [3.8, 4) is 0 Å². The molecule has 3 N–H and O–H groups in total. The molecule has 0 aliphatic rings. The predicted molar refractivity (Wildman–Crippen MR) is 104 cm³/mol. The molecule has 27 heavy (non-hydrogen) atoms. The standard InChI is InChI=1S/C17H18BrN3O5S/c1-3-26-17(23)20-19-16(22)14-9-6-12(18)10-15(14)21-27(24,25)13-7-4-11(2)5-8-13/h4-10,21H,3H2,1-2H3,(H,19,22)(H,20,23). The lowest BCUT2D eigenvalue weighted by molar-refractivity contribution is 0.0913. The van der Waals surface area contributed by atoms with Crippen molar-refractivity contribution < 1.29 is 22.7 Å². The van der Waals surface area contributed by atoms with Crippen LogP contribution in [0.5, 0.6) is 0 Å². The van der Waals surface area contributed by atoms with E-state index < -0.39 is 22.0 Å². The Labute approximate surface area is 165 Å². The van der Waals surface area contributed by atoms with E-state index in [0.29, 0.717) is 4.47 Å². The molecule has 0 heterocycles. The van der Waals surface area contributed by atoms with Gasteiger partial charge in [-0.1, -0.05) is 33.6 Å². The number of carbonyl (C=O) groups excluding carboxylic acids is 2. The number of hydrogen-bond acceptors (Lipinski definition) is 5. The second kappa shape index (κ2) is 8.87. The Bertz CT molecular complexity index is 946. The van der Waals surface area contributed by atoms with E-state index in [0.717, 1.165) is 5.56 Å². The number of carbonyl (C=O) groups is 2. The van der Waals surface area contributed by atoms with E-state index >= 15 is 0 Å². The summed E-state index contributed by atoms with van der Waals surface area (Å²) >= 11 is 3.25. The van der Waals surface area contributed by atoms with Gasteiger partial charge in [0.25, 0.3) is 15.9 Å². The molecule has 10 heteroatoms. The number of aryl methyl sites for hydroxylation is 1. The van der Waals surface area contributed by atoms with Gasteiger partial charge < -0.3 is 4.74 Å². The predicted octanol–water partition coefficient (Wildman–Crippen LogP) is 2.95. The summed E-state index contributed by atoms with van der Waals surface area (Å²) in [5, 5.41) is 0. The highest BCUT2D eigenvalue weighted by Crippen LogP contribution is 2.24. The molecule has 0 aliphatic heterocycles. The summed E-state index contributed by atoms with van der Waals surface area (Å²) in [5.41, 5.74) is 5.22. The van der Waals surface area contributed by atoms with Crippen LogP contribution in [0.4, 0.5) is 10.5 Å². The van der Waals surface area contributed by atoms with Crippen molar-refractivity contribution in [2.75, 3.05) is 11.3 Å². The van der Waals surface area contributed by atoms with Crippen molar-refractivity contribution in [3.05, 3.63) is 58.1 Å². The van der Waals surface area contributed by atoms with Crippen LogP contribution < -0.4 is 15.6 Å². The first-order valence-corrected chi connectivity index (χ1v) is 10.1. The SMILES string of the molecule is CCOC(=O)NNC(=O)c1ccc(Br)cc1NS(=O)(=O)c1ccc(C)cc1. The molecule has 0 radical (unpaired) electrons. The summed E-state index contributed by atoms with van der Waals surface area (Å²) in [4.78, 5) is 23.7. The molecule has 2 amide bonds. The molecule has 0 unspecified atom stereocenters. The number of benzene rings is 2. The number of hydrogen-bond donors (Lipinski definition) is 3. The molecule has 144 valence electrons. The van der Waals surface area contributed by atoms with Crippen LogP contribution in [-0.2, 0) is 14.8 Å². The Balaban J connectivity index is 2.26. The van der Waals surface area contributed by atoms with Gasteiger partial charge >= 0.3 is 6.09 Å². The summed E-state index contributed by atoms with van der Waals surface area (Å²) in [6.45, 7) is 3.60. The molecule has 2 aromatic carbocycles. The molecule has 0 bridgehead atoms. The van der Waals surface area contributed by atoms with E-state index in [9.17, 15) is 18.0 Å². The first kappa shape index (κ1) is 20.7. The number of rotatable bonds is 5. The van der Waals surface area contributed by atoms with Crippen molar-refractivity contribution in [2.45, 2.75) is 18.7 Å².